The third-order valence-corrected chi connectivity index (χ3v) is 6.24. The van der Waals surface area contributed by atoms with E-state index < -0.39 is 11.6 Å². The zero-order valence-electron chi connectivity index (χ0n) is 21.1. The minimum absolute atomic E-state index is 0.259. The van der Waals surface area contributed by atoms with Gasteiger partial charge in [-0.05, 0) is 42.3 Å². The molecule has 38 heavy (non-hydrogen) atoms. The second kappa shape index (κ2) is 13.0. The Bertz CT molecular complexity index is 1250. The van der Waals surface area contributed by atoms with E-state index in [1.165, 1.54) is 6.07 Å². The summed E-state index contributed by atoms with van der Waals surface area (Å²) in [4.78, 5) is 21.3. The number of nitrogen functional groups attached to an aromatic ring is 1. The summed E-state index contributed by atoms with van der Waals surface area (Å²) in [5.74, 6) is -1.66. The van der Waals surface area contributed by atoms with Crippen molar-refractivity contribution in [2.24, 2.45) is 0 Å². The Kier molecular flexibility index (Phi) is 9.23. The van der Waals surface area contributed by atoms with Gasteiger partial charge in [0.1, 0.15) is 5.69 Å². The van der Waals surface area contributed by atoms with E-state index in [0.29, 0.717) is 36.0 Å². The van der Waals surface area contributed by atoms with Gasteiger partial charge in [0.15, 0.2) is 11.6 Å². The molecule has 8 nitrogen and oxygen atoms in total. The number of benzene rings is 2. The number of nitrogens with zero attached hydrogens (tertiary/aromatic N) is 3. The first-order chi connectivity index (χ1) is 18.4. The second-order valence-electron chi connectivity index (χ2n) is 9.02. The molecule has 4 N–H and O–H groups in total. The van der Waals surface area contributed by atoms with Crippen LogP contribution >= 0.6 is 0 Å². The molecule has 1 aromatic heterocycles. The van der Waals surface area contributed by atoms with Crippen molar-refractivity contribution in [3.63, 3.8) is 0 Å². The number of pyridine rings is 1. The van der Waals surface area contributed by atoms with Gasteiger partial charge in [-0.25, -0.2) is 8.78 Å². The van der Waals surface area contributed by atoms with Crippen LogP contribution in [-0.2, 0) is 11.3 Å². The molecule has 200 valence electrons. The molecule has 0 bridgehead atoms. The first kappa shape index (κ1) is 27.0. The minimum Gasteiger partial charge on any atom is -0.397 e. The van der Waals surface area contributed by atoms with Crippen LogP contribution in [0.5, 0.6) is 0 Å². The lowest BCUT2D eigenvalue weighted by atomic mass is 10.2. The molecule has 2 aromatic carbocycles. The van der Waals surface area contributed by atoms with Gasteiger partial charge in [-0.3, -0.25) is 14.7 Å². The minimum atomic E-state index is -0.933. The molecule has 2 heterocycles. The van der Waals surface area contributed by atoms with Crippen molar-refractivity contribution in [1.82, 2.24) is 14.8 Å². The van der Waals surface area contributed by atoms with E-state index >= 15 is 0 Å². The third kappa shape index (κ3) is 7.50. The van der Waals surface area contributed by atoms with Crippen LogP contribution in [0.1, 0.15) is 22.5 Å². The molecule has 1 saturated heterocycles. The number of para-hydroxylation sites is 2. The normalized spacial score (nSPS) is 13.6. The van der Waals surface area contributed by atoms with Gasteiger partial charge in [0.05, 0.1) is 30.4 Å². The summed E-state index contributed by atoms with van der Waals surface area (Å²) in [5, 5.41) is 5.84. The lowest BCUT2D eigenvalue weighted by Gasteiger charge is -2.30. The Hall–Kier alpha value is -4.02. The number of hydrogen-bond donors (Lipinski definition) is 3. The zero-order valence-corrected chi connectivity index (χ0v) is 21.1. The maximum Gasteiger partial charge on any atom is 0.274 e. The van der Waals surface area contributed by atoms with Crippen molar-refractivity contribution in [3.8, 4) is 0 Å². The van der Waals surface area contributed by atoms with Crippen molar-refractivity contribution in [2.45, 2.75) is 13.0 Å². The monoisotopic (exact) mass is 522 g/mol. The number of nitrogens with two attached hydrogens (primary N) is 1. The molecular weight excluding hydrogens is 490 g/mol. The number of halogens is 2. The van der Waals surface area contributed by atoms with Gasteiger partial charge in [0, 0.05) is 50.7 Å². The molecular formula is C28H32F2N6O2. The second-order valence-corrected chi connectivity index (χ2v) is 9.02. The summed E-state index contributed by atoms with van der Waals surface area (Å²) in [6.07, 6.45) is 2.51. The van der Waals surface area contributed by atoms with Crippen LogP contribution in [0.4, 0.5) is 25.8 Å². The van der Waals surface area contributed by atoms with Gasteiger partial charge in [-0.2, -0.15) is 0 Å². The standard InChI is InChI=1S/C28H32F2N6O2/c1-20(33-22-8-9-23(29)24(30)17-22)36(12-4-11-35-13-15-38-16-14-35)19-21-7-10-27(32-18-21)28(37)34-26-6-3-2-5-25(26)31/h2-3,5-10,17-18,33H,1,4,11-16,19,31H2,(H,34,37). The van der Waals surface area contributed by atoms with E-state index in [-0.39, 0.29) is 11.6 Å². The molecule has 0 unspecified atom stereocenters. The van der Waals surface area contributed by atoms with Crippen LogP contribution in [-0.4, -0.2) is 60.1 Å². The highest BCUT2D eigenvalue weighted by atomic mass is 19.2. The number of anilines is 3. The van der Waals surface area contributed by atoms with E-state index in [4.69, 9.17) is 10.5 Å². The number of rotatable bonds is 11. The Morgan fingerprint density at radius 1 is 1.08 bits per heavy atom. The first-order valence-electron chi connectivity index (χ1n) is 12.5. The van der Waals surface area contributed by atoms with Crippen LogP contribution in [0, 0.1) is 11.6 Å². The van der Waals surface area contributed by atoms with E-state index in [1.807, 2.05) is 11.0 Å². The summed E-state index contributed by atoms with van der Waals surface area (Å²) in [7, 11) is 0. The van der Waals surface area contributed by atoms with Crippen LogP contribution < -0.4 is 16.4 Å². The van der Waals surface area contributed by atoms with Crippen LogP contribution in [0.2, 0.25) is 0 Å². The van der Waals surface area contributed by atoms with Crippen molar-refractivity contribution in [1.29, 1.82) is 0 Å². The third-order valence-electron chi connectivity index (χ3n) is 6.24. The quantitative estimate of drug-likeness (QED) is 0.323. The molecule has 0 aliphatic carbocycles. The van der Waals surface area contributed by atoms with E-state index in [1.54, 1.807) is 36.5 Å². The summed E-state index contributed by atoms with van der Waals surface area (Å²) < 4.78 is 32.5. The van der Waals surface area contributed by atoms with Crippen LogP contribution in [0.15, 0.2) is 73.2 Å². The largest absolute Gasteiger partial charge is 0.397 e. The zero-order chi connectivity index (χ0) is 26.9. The molecule has 0 saturated carbocycles. The molecule has 1 amide bonds. The van der Waals surface area contributed by atoms with E-state index in [9.17, 15) is 13.6 Å². The molecule has 1 aliphatic heterocycles. The Morgan fingerprint density at radius 2 is 1.87 bits per heavy atom. The molecule has 0 radical (unpaired) electrons. The average Bonchev–Trinajstić information content (AvgIpc) is 2.92. The highest BCUT2D eigenvalue weighted by Crippen LogP contribution is 2.19. The van der Waals surface area contributed by atoms with Crippen LogP contribution in [0.3, 0.4) is 0 Å². The van der Waals surface area contributed by atoms with Gasteiger partial charge in [-0.15, -0.1) is 0 Å². The van der Waals surface area contributed by atoms with Crippen molar-refractivity contribution >= 4 is 23.0 Å². The summed E-state index contributed by atoms with van der Waals surface area (Å²) in [6, 6.07) is 14.1. The SMILES string of the molecule is C=C(Nc1ccc(F)c(F)c1)N(CCCN1CCOCC1)Cc1ccc(C(=O)Nc2ccccc2N)nc1. The first-order valence-corrected chi connectivity index (χ1v) is 12.5. The van der Waals surface area contributed by atoms with Crippen LogP contribution in [0.25, 0.3) is 0 Å². The number of nitrogens with one attached hydrogen (secondary N) is 2. The average molecular weight is 523 g/mol. The molecule has 0 spiro atoms. The number of morpholine rings is 1. The Balaban J connectivity index is 1.41. The number of amides is 1. The van der Waals surface area contributed by atoms with Gasteiger partial charge >= 0.3 is 0 Å². The highest BCUT2D eigenvalue weighted by molar-refractivity contribution is 6.04. The lowest BCUT2D eigenvalue weighted by Crippen LogP contribution is -2.38. The Morgan fingerprint density at radius 3 is 2.58 bits per heavy atom. The summed E-state index contributed by atoms with van der Waals surface area (Å²) >= 11 is 0. The van der Waals surface area contributed by atoms with Crippen molar-refractivity contribution in [3.05, 3.63) is 96.1 Å². The van der Waals surface area contributed by atoms with Gasteiger partial charge in [0.2, 0.25) is 0 Å². The van der Waals surface area contributed by atoms with Gasteiger partial charge < -0.3 is 26.0 Å². The van der Waals surface area contributed by atoms with Gasteiger partial charge in [-0.1, -0.05) is 24.8 Å². The fourth-order valence-corrected chi connectivity index (χ4v) is 4.11. The fraction of sp³-hybridized carbons (Fsp3) is 0.286. The molecule has 1 aliphatic rings. The van der Waals surface area contributed by atoms with Crippen molar-refractivity contribution < 1.29 is 18.3 Å². The molecule has 4 rings (SSSR count). The molecule has 1 fully saturated rings. The maximum absolute atomic E-state index is 13.7. The summed E-state index contributed by atoms with van der Waals surface area (Å²) in [6.45, 7) is 9.42. The molecule has 0 atom stereocenters. The van der Waals surface area contributed by atoms with E-state index in [2.05, 4.69) is 27.1 Å². The lowest BCUT2D eigenvalue weighted by molar-refractivity contribution is 0.0364. The smallest absolute Gasteiger partial charge is 0.274 e. The molecule has 3 aromatic rings. The summed E-state index contributed by atoms with van der Waals surface area (Å²) in [5.41, 5.74) is 8.42. The topological polar surface area (TPSA) is 95.8 Å². The van der Waals surface area contributed by atoms with E-state index in [0.717, 1.165) is 57.0 Å². The number of carbonyl (C=O) groups excluding carboxylic acids is 1. The predicted octanol–water partition coefficient (Wildman–Crippen LogP) is 4.30. The predicted molar refractivity (Wildman–Crippen MR) is 144 cm³/mol. The van der Waals surface area contributed by atoms with Crippen molar-refractivity contribution in [2.75, 3.05) is 55.8 Å². The van der Waals surface area contributed by atoms with Gasteiger partial charge in [0.25, 0.3) is 5.91 Å². The molecule has 10 heteroatoms. The number of aromatic nitrogens is 1. The number of hydrogen-bond acceptors (Lipinski definition) is 7. The number of carbonyl (C=O) groups is 1. The Labute approximate surface area is 221 Å². The number of ether oxygens (including phenoxy) is 1. The fourth-order valence-electron chi connectivity index (χ4n) is 4.11. The highest BCUT2D eigenvalue weighted by Gasteiger charge is 2.15. The maximum atomic E-state index is 13.7.